The SMILES string of the molecule is Cc1cc(C)c(C)c(N(c2ccc(C3(c4ccc(N(c5ccc6c(c5)C(C)(C)c5ccccc5-6)c5c(C)c(C)cc(C)c5C)cc4)c4ccccc4N(c4ccccc4)c4ccccc43)cc2)c2ccc3c(c2)C(C)(C)c2ccccc2-3)c1C. The van der Waals surface area contributed by atoms with Gasteiger partial charge in [0.15, 0.2) is 0 Å². The molecule has 0 N–H and O–H groups in total. The molecule has 0 spiro atoms. The van der Waals surface area contributed by atoms with Crippen LogP contribution in [-0.2, 0) is 16.2 Å². The van der Waals surface area contributed by atoms with Crippen LogP contribution in [0.1, 0.15) is 117 Å². The fourth-order valence-electron chi connectivity index (χ4n) is 15.2. The molecular weight excluding hydrogens is 1010 g/mol. The summed E-state index contributed by atoms with van der Waals surface area (Å²) in [6, 6.07) is 85.4. The summed E-state index contributed by atoms with van der Waals surface area (Å²) in [4.78, 5) is 7.55. The molecule has 11 aromatic rings. The summed E-state index contributed by atoms with van der Waals surface area (Å²) in [5.74, 6) is 0. The number of nitrogens with zero attached hydrogens (tertiary/aromatic N) is 3. The predicted octanol–water partition coefficient (Wildman–Crippen LogP) is 21.9. The van der Waals surface area contributed by atoms with E-state index < -0.39 is 5.41 Å². The topological polar surface area (TPSA) is 9.72 Å². The molecule has 3 heteroatoms. The minimum Gasteiger partial charge on any atom is -0.310 e. The first-order chi connectivity index (χ1) is 40.5. The number of fused-ring (bicyclic) bond motifs is 8. The van der Waals surface area contributed by atoms with Gasteiger partial charge >= 0.3 is 0 Å². The lowest BCUT2D eigenvalue weighted by Crippen LogP contribution is -2.37. The molecule has 412 valence electrons. The van der Waals surface area contributed by atoms with Gasteiger partial charge in [0.1, 0.15) is 0 Å². The van der Waals surface area contributed by atoms with Gasteiger partial charge in [-0.15, -0.1) is 0 Å². The highest BCUT2D eigenvalue weighted by Gasteiger charge is 2.47. The summed E-state index contributed by atoms with van der Waals surface area (Å²) in [7, 11) is 0. The van der Waals surface area contributed by atoms with E-state index in [2.05, 4.69) is 322 Å². The van der Waals surface area contributed by atoms with Crippen molar-refractivity contribution in [1.29, 1.82) is 0 Å². The summed E-state index contributed by atoms with van der Waals surface area (Å²) in [6.45, 7) is 27.8. The Morgan fingerprint density at radius 3 is 1.00 bits per heavy atom. The second-order valence-electron chi connectivity index (χ2n) is 25.2. The maximum absolute atomic E-state index is 2.54. The second kappa shape index (κ2) is 19.5. The fraction of sp³-hybridized carbons (Fsp3) is 0.185. The average molecular weight is 1090 g/mol. The highest BCUT2D eigenvalue weighted by molar-refractivity contribution is 5.93. The monoisotopic (exact) mass is 1090 g/mol. The van der Waals surface area contributed by atoms with Gasteiger partial charge < -0.3 is 14.7 Å². The Morgan fingerprint density at radius 2 is 0.607 bits per heavy atom. The highest BCUT2D eigenvalue weighted by atomic mass is 15.2. The number of hydrogen-bond acceptors (Lipinski definition) is 3. The van der Waals surface area contributed by atoms with Crippen molar-refractivity contribution in [2.75, 3.05) is 14.7 Å². The first kappa shape index (κ1) is 52.9. The molecule has 0 bridgehead atoms. The standard InChI is InChI=1S/C81H73N3/c1-50-46-51(2)55(6)77(54(50)5)82(63-42-44-67-65-26-16-18-28-69(65)79(9,10)73(67)48-63)61-38-34-58(35-39-61)81(71-30-20-22-32-75(71)84(60-24-14-13-15-25-60)76-33-23-21-31-72(76)81)59-36-40-62(41-37-59)83(78-56(7)52(3)47-53(4)57(78)8)64-43-45-68-66-27-17-19-29-70(66)80(11,12)74(68)49-64/h13-49H,1-12H3. The lowest BCUT2D eigenvalue weighted by atomic mass is 9.62. The van der Waals surface area contributed by atoms with Crippen molar-refractivity contribution >= 4 is 51.2 Å². The molecule has 3 aliphatic rings. The van der Waals surface area contributed by atoms with Gasteiger partial charge in [-0.25, -0.2) is 0 Å². The van der Waals surface area contributed by atoms with Crippen LogP contribution in [0.15, 0.2) is 224 Å². The normalized spacial score (nSPS) is 14.5. The zero-order valence-corrected chi connectivity index (χ0v) is 50.7. The largest absolute Gasteiger partial charge is 0.310 e. The summed E-state index contributed by atoms with van der Waals surface area (Å²) in [5.41, 5.74) is 35.3. The van der Waals surface area contributed by atoms with E-state index >= 15 is 0 Å². The summed E-state index contributed by atoms with van der Waals surface area (Å²) in [6.07, 6.45) is 0. The van der Waals surface area contributed by atoms with E-state index in [0.29, 0.717) is 0 Å². The number of benzene rings is 11. The minimum atomic E-state index is -0.741. The molecule has 1 aliphatic heterocycles. The van der Waals surface area contributed by atoms with E-state index in [1.165, 1.54) is 123 Å². The van der Waals surface area contributed by atoms with Crippen molar-refractivity contribution in [3.05, 3.63) is 313 Å². The molecule has 0 unspecified atom stereocenters. The molecular formula is C81H73N3. The third-order valence-corrected chi connectivity index (χ3v) is 20.0. The first-order valence-corrected chi connectivity index (χ1v) is 30.0. The predicted molar refractivity (Wildman–Crippen MR) is 355 cm³/mol. The molecule has 0 radical (unpaired) electrons. The Morgan fingerprint density at radius 1 is 0.286 bits per heavy atom. The Bertz CT molecular complexity index is 4140. The minimum absolute atomic E-state index is 0.153. The maximum atomic E-state index is 2.54. The number of rotatable bonds is 9. The molecule has 0 atom stereocenters. The van der Waals surface area contributed by atoms with Gasteiger partial charge in [-0.3, -0.25) is 0 Å². The molecule has 0 amide bonds. The molecule has 0 aromatic heterocycles. The van der Waals surface area contributed by atoms with E-state index in [-0.39, 0.29) is 10.8 Å². The molecule has 1 heterocycles. The van der Waals surface area contributed by atoms with Crippen LogP contribution in [0.4, 0.5) is 51.2 Å². The van der Waals surface area contributed by atoms with Crippen molar-refractivity contribution in [3.8, 4) is 22.3 Å². The highest BCUT2D eigenvalue weighted by Crippen LogP contribution is 2.59. The fourth-order valence-corrected chi connectivity index (χ4v) is 15.2. The van der Waals surface area contributed by atoms with Crippen LogP contribution < -0.4 is 14.7 Å². The van der Waals surface area contributed by atoms with E-state index in [9.17, 15) is 0 Å². The van der Waals surface area contributed by atoms with E-state index in [1.807, 2.05) is 0 Å². The first-order valence-electron chi connectivity index (χ1n) is 30.0. The van der Waals surface area contributed by atoms with Crippen LogP contribution in [0.2, 0.25) is 0 Å². The van der Waals surface area contributed by atoms with Gasteiger partial charge in [-0.05, 0) is 239 Å². The smallest absolute Gasteiger partial charge is 0.0742 e. The van der Waals surface area contributed by atoms with Crippen LogP contribution in [-0.4, -0.2) is 0 Å². The van der Waals surface area contributed by atoms with E-state index in [1.54, 1.807) is 0 Å². The van der Waals surface area contributed by atoms with Gasteiger partial charge in [-0.2, -0.15) is 0 Å². The molecule has 3 nitrogen and oxygen atoms in total. The Balaban J connectivity index is 0.987. The lowest BCUT2D eigenvalue weighted by Gasteiger charge is -2.46. The third-order valence-electron chi connectivity index (χ3n) is 20.0. The van der Waals surface area contributed by atoms with Crippen molar-refractivity contribution < 1.29 is 0 Å². The van der Waals surface area contributed by atoms with Crippen LogP contribution in [0.5, 0.6) is 0 Å². The second-order valence-corrected chi connectivity index (χ2v) is 25.2. The van der Waals surface area contributed by atoms with Crippen molar-refractivity contribution in [2.45, 2.75) is 99.3 Å². The summed E-state index contributed by atoms with van der Waals surface area (Å²) in [5, 5.41) is 0. The van der Waals surface area contributed by atoms with Crippen molar-refractivity contribution in [3.63, 3.8) is 0 Å². The Kier molecular flexibility index (Phi) is 12.2. The molecule has 0 fully saturated rings. The van der Waals surface area contributed by atoms with Gasteiger partial charge in [0.25, 0.3) is 0 Å². The maximum Gasteiger partial charge on any atom is 0.0742 e. The van der Waals surface area contributed by atoms with Crippen LogP contribution >= 0.6 is 0 Å². The Labute approximate surface area is 498 Å². The van der Waals surface area contributed by atoms with Gasteiger partial charge in [0.05, 0.1) is 28.2 Å². The van der Waals surface area contributed by atoms with Gasteiger partial charge in [0.2, 0.25) is 0 Å². The zero-order chi connectivity index (χ0) is 58.1. The Hall–Kier alpha value is -9.18. The number of para-hydroxylation sites is 3. The third kappa shape index (κ3) is 7.70. The molecule has 0 saturated carbocycles. The quantitative estimate of drug-likeness (QED) is 0.143. The van der Waals surface area contributed by atoms with E-state index in [0.717, 1.165) is 39.8 Å². The molecule has 84 heavy (non-hydrogen) atoms. The molecule has 0 saturated heterocycles. The number of anilines is 9. The van der Waals surface area contributed by atoms with Crippen molar-refractivity contribution in [2.24, 2.45) is 0 Å². The summed E-state index contributed by atoms with van der Waals surface area (Å²) < 4.78 is 0. The average Bonchev–Trinajstić information content (AvgIpc) is 1.24. The lowest BCUT2D eigenvalue weighted by molar-refractivity contribution is 0.660. The number of hydrogen-bond donors (Lipinski definition) is 0. The molecule has 2 aliphatic carbocycles. The summed E-state index contributed by atoms with van der Waals surface area (Å²) >= 11 is 0. The van der Waals surface area contributed by atoms with Crippen molar-refractivity contribution in [1.82, 2.24) is 0 Å². The van der Waals surface area contributed by atoms with Crippen LogP contribution in [0, 0.1) is 55.4 Å². The van der Waals surface area contributed by atoms with Crippen LogP contribution in [0.25, 0.3) is 22.3 Å². The number of aryl methyl sites for hydroxylation is 4. The molecule has 11 aromatic carbocycles. The van der Waals surface area contributed by atoms with Crippen LogP contribution in [0.3, 0.4) is 0 Å². The van der Waals surface area contributed by atoms with Gasteiger partial charge in [-0.1, -0.05) is 179 Å². The zero-order valence-electron chi connectivity index (χ0n) is 50.7. The van der Waals surface area contributed by atoms with Gasteiger partial charge in [0, 0.05) is 39.3 Å². The van der Waals surface area contributed by atoms with E-state index in [4.69, 9.17) is 0 Å². The molecule has 14 rings (SSSR count).